The van der Waals surface area contributed by atoms with E-state index in [9.17, 15) is 4.79 Å². The molecule has 0 aliphatic rings. The maximum atomic E-state index is 12.3. The van der Waals surface area contributed by atoms with Gasteiger partial charge in [0.15, 0.2) is 5.82 Å². The van der Waals surface area contributed by atoms with Crippen LogP contribution < -0.4 is 20.3 Å². The maximum absolute atomic E-state index is 12.3. The second-order valence-electron chi connectivity index (χ2n) is 6.92. The van der Waals surface area contributed by atoms with Gasteiger partial charge in [-0.05, 0) is 48.4 Å². The summed E-state index contributed by atoms with van der Waals surface area (Å²) in [6.07, 6.45) is 2.01. The second kappa shape index (κ2) is 9.05. The van der Waals surface area contributed by atoms with Crippen molar-refractivity contribution in [1.29, 1.82) is 0 Å². The number of hydrogen-bond donors (Lipinski definition) is 2. The summed E-state index contributed by atoms with van der Waals surface area (Å²) in [4.78, 5) is 14.3. The highest BCUT2D eigenvalue weighted by Crippen LogP contribution is 2.21. The third kappa shape index (κ3) is 5.44. The fourth-order valence-corrected chi connectivity index (χ4v) is 2.89. The van der Waals surface area contributed by atoms with E-state index in [2.05, 4.69) is 20.8 Å². The van der Waals surface area contributed by atoms with Gasteiger partial charge in [-0.15, -0.1) is 5.10 Å². The molecule has 2 N–H and O–H groups in total. The Labute approximate surface area is 170 Å². The van der Waals surface area contributed by atoms with Gasteiger partial charge in [-0.1, -0.05) is 12.1 Å². The number of methoxy groups -OCH3 is 1. The number of aromatic nitrogens is 2. The molecule has 0 bridgehead atoms. The van der Waals surface area contributed by atoms with E-state index in [4.69, 9.17) is 4.74 Å². The number of ether oxygens (including phenoxy) is 1. The molecule has 0 fully saturated rings. The zero-order valence-electron chi connectivity index (χ0n) is 17.1. The van der Waals surface area contributed by atoms with Gasteiger partial charge in [-0.3, -0.25) is 4.79 Å². The summed E-state index contributed by atoms with van der Waals surface area (Å²) in [6, 6.07) is 15.1. The van der Waals surface area contributed by atoms with Crippen LogP contribution in [0, 0.1) is 6.92 Å². The van der Waals surface area contributed by atoms with Crippen LogP contribution in [0.3, 0.4) is 0 Å². The lowest BCUT2D eigenvalue weighted by molar-refractivity contribution is -0.115. The lowest BCUT2D eigenvalue weighted by atomic mass is 10.1. The first-order valence-electron chi connectivity index (χ1n) is 9.25. The Hall–Kier alpha value is -3.61. The zero-order valence-corrected chi connectivity index (χ0v) is 17.1. The third-order valence-electron chi connectivity index (χ3n) is 4.42. The molecule has 1 heterocycles. The van der Waals surface area contributed by atoms with Gasteiger partial charge in [0.05, 0.1) is 25.4 Å². The van der Waals surface area contributed by atoms with Crippen molar-refractivity contribution < 1.29 is 9.53 Å². The Morgan fingerprint density at radius 1 is 1.07 bits per heavy atom. The lowest BCUT2D eigenvalue weighted by Crippen LogP contribution is -2.14. The molecule has 7 nitrogen and oxygen atoms in total. The second-order valence-corrected chi connectivity index (χ2v) is 6.92. The van der Waals surface area contributed by atoms with Crippen molar-refractivity contribution in [2.45, 2.75) is 13.3 Å². The van der Waals surface area contributed by atoms with Crippen molar-refractivity contribution in [3.8, 4) is 5.75 Å². The smallest absolute Gasteiger partial charge is 0.228 e. The molecule has 29 heavy (non-hydrogen) atoms. The molecule has 7 heteroatoms. The Bertz CT molecular complexity index is 987. The Balaban J connectivity index is 1.59. The van der Waals surface area contributed by atoms with Crippen LogP contribution in [-0.4, -0.2) is 37.3 Å². The number of carbonyl (C=O) groups excluding carboxylic acids is 1. The summed E-state index contributed by atoms with van der Waals surface area (Å²) in [5.74, 6) is 1.40. The summed E-state index contributed by atoms with van der Waals surface area (Å²) in [7, 11) is 5.54. The minimum atomic E-state index is -0.0696. The van der Waals surface area contributed by atoms with Crippen molar-refractivity contribution in [1.82, 2.24) is 10.2 Å². The van der Waals surface area contributed by atoms with E-state index in [0.29, 0.717) is 12.2 Å². The number of hydrogen-bond acceptors (Lipinski definition) is 6. The van der Waals surface area contributed by atoms with Crippen molar-refractivity contribution in [3.63, 3.8) is 0 Å². The molecule has 0 aliphatic carbocycles. The summed E-state index contributed by atoms with van der Waals surface area (Å²) in [6.45, 7) is 1.96. The molecule has 150 valence electrons. The monoisotopic (exact) mass is 391 g/mol. The number of nitrogens with zero attached hydrogens (tertiary/aromatic N) is 3. The topological polar surface area (TPSA) is 79.4 Å². The van der Waals surface area contributed by atoms with Gasteiger partial charge >= 0.3 is 0 Å². The summed E-state index contributed by atoms with van der Waals surface area (Å²) >= 11 is 0. The fraction of sp³-hybridized carbons (Fsp3) is 0.227. The molecule has 3 rings (SSSR count). The maximum Gasteiger partial charge on any atom is 0.228 e. The third-order valence-corrected chi connectivity index (χ3v) is 4.42. The number of anilines is 4. The van der Waals surface area contributed by atoms with Gasteiger partial charge in [0.1, 0.15) is 5.75 Å². The molecule has 0 unspecified atom stereocenters. The Morgan fingerprint density at radius 3 is 2.45 bits per heavy atom. The number of benzene rings is 2. The van der Waals surface area contributed by atoms with Crippen LogP contribution in [0.1, 0.15) is 11.1 Å². The van der Waals surface area contributed by atoms with Crippen molar-refractivity contribution >= 4 is 28.8 Å². The lowest BCUT2D eigenvalue weighted by Gasteiger charge is -2.13. The Morgan fingerprint density at radius 2 is 1.79 bits per heavy atom. The van der Waals surface area contributed by atoms with E-state index in [1.807, 2.05) is 74.4 Å². The van der Waals surface area contributed by atoms with E-state index in [1.54, 1.807) is 13.3 Å². The van der Waals surface area contributed by atoms with Crippen LogP contribution in [0.4, 0.5) is 22.9 Å². The van der Waals surface area contributed by atoms with Crippen LogP contribution in [0.25, 0.3) is 0 Å². The van der Waals surface area contributed by atoms with E-state index >= 15 is 0 Å². The van der Waals surface area contributed by atoms with Crippen molar-refractivity contribution in [3.05, 3.63) is 65.9 Å². The van der Waals surface area contributed by atoms with Gasteiger partial charge in [-0.25, -0.2) is 0 Å². The zero-order chi connectivity index (χ0) is 20.8. The number of amides is 1. The van der Waals surface area contributed by atoms with E-state index in [1.165, 1.54) is 0 Å². The van der Waals surface area contributed by atoms with E-state index < -0.39 is 0 Å². The Kier molecular flexibility index (Phi) is 6.29. The molecule has 0 radical (unpaired) electrons. The van der Waals surface area contributed by atoms with Crippen LogP contribution in [0.2, 0.25) is 0 Å². The molecule has 0 spiro atoms. The number of aryl methyl sites for hydroxylation is 1. The largest absolute Gasteiger partial charge is 0.496 e. The predicted octanol–water partition coefficient (Wildman–Crippen LogP) is 3.78. The molecule has 3 aromatic rings. The van der Waals surface area contributed by atoms with Gasteiger partial charge in [-0.2, -0.15) is 5.10 Å². The minimum Gasteiger partial charge on any atom is -0.496 e. The van der Waals surface area contributed by atoms with Gasteiger partial charge in [0, 0.05) is 31.5 Å². The van der Waals surface area contributed by atoms with Crippen LogP contribution in [0.15, 0.2) is 54.7 Å². The molecule has 0 saturated carbocycles. The van der Waals surface area contributed by atoms with E-state index in [-0.39, 0.29) is 5.91 Å². The average Bonchev–Trinajstić information content (AvgIpc) is 2.70. The SMILES string of the molecule is COc1ccc(CC(=O)Nc2ccc(Nc3cc(N(C)C)cnn3)cc2)cc1C. The van der Waals surface area contributed by atoms with Crippen LogP contribution >= 0.6 is 0 Å². The van der Waals surface area contributed by atoms with Gasteiger partial charge in [0.25, 0.3) is 0 Å². The van der Waals surface area contributed by atoms with Crippen LogP contribution in [-0.2, 0) is 11.2 Å². The van der Waals surface area contributed by atoms with Crippen molar-refractivity contribution in [2.75, 3.05) is 36.7 Å². The quantitative estimate of drug-likeness (QED) is 0.638. The molecule has 0 saturated heterocycles. The standard InChI is InChI=1S/C22H25N5O2/c1-15-11-16(5-10-20(15)29-4)12-22(28)25-18-8-6-17(7-9-18)24-21-13-19(27(2)3)14-23-26-21/h5-11,13-14H,12H2,1-4H3,(H,24,26)(H,25,28). The van der Waals surface area contributed by atoms with Gasteiger partial charge < -0.3 is 20.3 Å². The highest BCUT2D eigenvalue weighted by Gasteiger charge is 2.07. The summed E-state index contributed by atoms with van der Waals surface area (Å²) in [5, 5.41) is 14.2. The number of nitrogens with one attached hydrogen (secondary N) is 2. The molecule has 0 aliphatic heterocycles. The van der Waals surface area contributed by atoms with Gasteiger partial charge in [0.2, 0.25) is 5.91 Å². The minimum absolute atomic E-state index is 0.0696. The first-order chi connectivity index (χ1) is 13.9. The van der Waals surface area contributed by atoms with Crippen molar-refractivity contribution in [2.24, 2.45) is 0 Å². The normalized spacial score (nSPS) is 10.3. The number of rotatable bonds is 7. The number of carbonyl (C=O) groups is 1. The first kappa shape index (κ1) is 20.1. The molecule has 0 atom stereocenters. The van der Waals surface area contributed by atoms with Crippen LogP contribution in [0.5, 0.6) is 5.75 Å². The first-order valence-corrected chi connectivity index (χ1v) is 9.25. The highest BCUT2D eigenvalue weighted by atomic mass is 16.5. The molecular formula is C22H25N5O2. The van der Waals surface area contributed by atoms with E-state index in [0.717, 1.165) is 33.9 Å². The summed E-state index contributed by atoms with van der Waals surface area (Å²) < 4.78 is 5.26. The molecule has 1 aromatic heterocycles. The highest BCUT2D eigenvalue weighted by molar-refractivity contribution is 5.92. The summed E-state index contributed by atoms with van der Waals surface area (Å²) in [5.41, 5.74) is 4.51. The molecular weight excluding hydrogens is 366 g/mol. The molecule has 2 aromatic carbocycles. The predicted molar refractivity (Wildman–Crippen MR) is 116 cm³/mol. The molecule has 1 amide bonds. The fourth-order valence-electron chi connectivity index (χ4n) is 2.89. The average molecular weight is 391 g/mol.